The third-order valence-electron chi connectivity index (χ3n) is 9.51. The summed E-state index contributed by atoms with van der Waals surface area (Å²) >= 11 is 0. The summed E-state index contributed by atoms with van der Waals surface area (Å²) in [6.07, 6.45) is 0.871. The van der Waals surface area contributed by atoms with Gasteiger partial charge in [-0.15, -0.1) is 0 Å². The zero-order valence-corrected chi connectivity index (χ0v) is 28.0. The summed E-state index contributed by atoms with van der Waals surface area (Å²) in [6.45, 7) is 5.26. The lowest BCUT2D eigenvalue weighted by Crippen LogP contribution is -2.59. The molecule has 6 bridgehead atoms. The molecular weight excluding hydrogens is 650 g/mol. The Hall–Kier alpha value is -5.14. The smallest absolute Gasteiger partial charge is 0.407 e. The van der Waals surface area contributed by atoms with Crippen LogP contribution in [0.3, 0.4) is 0 Å². The minimum absolute atomic E-state index is 0.0426. The minimum Gasteiger partial charge on any atom is -0.479 e. The van der Waals surface area contributed by atoms with E-state index in [4.69, 9.17) is 14.9 Å². The van der Waals surface area contributed by atoms with Crippen molar-refractivity contribution in [1.29, 1.82) is 0 Å². The van der Waals surface area contributed by atoms with E-state index < -0.39 is 71.7 Å². The Balaban J connectivity index is 1.44. The molecule has 264 valence electrons. The van der Waals surface area contributed by atoms with E-state index in [1.165, 1.54) is 9.70 Å². The second-order valence-corrected chi connectivity index (χ2v) is 14.1. The normalized spacial score (nSPS) is 26.2. The molecule has 1 unspecified atom stereocenters. The maximum atomic E-state index is 14.4. The van der Waals surface area contributed by atoms with Gasteiger partial charge in [0.1, 0.15) is 29.0 Å². The Morgan fingerprint density at radius 2 is 1.76 bits per heavy atom. The summed E-state index contributed by atoms with van der Waals surface area (Å²) in [4.78, 5) is 56.1. The van der Waals surface area contributed by atoms with E-state index >= 15 is 0 Å². The van der Waals surface area contributed by atoms with Crippen molar-refractivity contribution < 1.29 is 37.8 Å². The molecule has 5 atom stereocenters. The molecule has 12 nitrogen and oxygen atoms in total. The minimum atomic E-state index is -2.96. The number of carboxylic acids is 1. The average Bonchev–Trinajstić information content (AvgIpc) is 3.41. The summed E-state index contributed by atoms with van der Waals surface area (Å²) in [5, 5.41) is 24.6. The number of rotatable bonds is 5. The summed E-state index contributed by atoms with van der Waals surface area (Å²) in [6, 6.07) is 14.1. The van der Waals surface area contributed by atoms with Crippen LogP contribution in [0.25, 0.3) is 28.6 Å². The molecule has 3 N–H and O–H groups in total. The standard InChI is InChI=1S/C36H40F2N6O6/c1-35(2,3)29-32(46)43-20-24(18-26(43)31(45)40-36(33(47)48)19-25(36)30(37)38)44-41-27(22-13-7-4-8-14-22)28(42-44)23-15-10-12-21(17-23)11-6-5-9-16-50-34(49)39-29/h4,6-8,10-15,17,24-26,29-30H,5,9,16,18-20H2,1-3H3,(H,39,49)(H,40,45)(H,47,48)/b11-6+/t24?,25-,26-,29+,36-/m0/s1. The molecule has 2 aromatic carbocycles. The number of carbonyl (C=O) groups is 4. The summed E-state index contributed by atoms with van der Waals surface area (Å²) < 4.78 is 32.7. The molecule has 0 radical (unpaired) electrons. The van der Waals surface area contributed by atoms with E-state index in [1.54, 1.807) is 20.8 Å². The highest BCUT2D eigenvalue weighted by molar-refractivity contribution is 5.96. The van der Waals surface area contributed by atoms with Crippen LogP contribution >= 0.6 is 0 Å². The van der Waals surface area contributed by atoms with Crippen LogP contribution in [0.4, 0.5) is 13.6 Å². The number of halogens is 2. The number of hydrogen-bond acceptors (Lipinski definition) is 7. The SMILES string of the molecule is CC(C)(C)[C@@H]1NC(=O)OCCC/C=C/c2cccc(c2)-c2nn(nc2-c2ccccc2)C2C[C@@H](C(=O)N[C@@]3(C(=O)O)C[C@H]3C(F)F)N(C2)C1=O. The number of aliphatic carboxylic acids is 1. The first kappa shape index (κ1) is 34.7. The molecule has 50 heavy (non-hydrogen) atoms. The first-order valence-electron chi connectivity index (χ1n) is 16.6. The van der Waals surface area contributed by atoms with Gasteiger partial charge in [-0.2, -0.15) is 15.0 Å². The third kappa shape index (κ3) is 6.96. The van der Waals surface area contributed by atoms with Crippen LogP contribution in [-0.2, 0) is 19.1 Å². The molecule has 3 aromatic rings. The van der Waals surface area contributed by atoms with Crippen LogP contribution in [0.5, 0.6) is 0 Å². The molecule has 1 saturated carbocycles. The number of amides is 3. The number of ether oxygens (including phenoxy) is 1. The van der Waals surface area contributed by atoms with Gasteiger partial charge in [-0.1, -0.05) is 81.5 Å². The van der Waals surface area contributed by atoms with Crippen molar-refractivity contribution in [3.63, 3.8) is 0 Å². The first-order valence-corrected chi connectivity index (χ1v) is 16.6. The van der Waals surface area contributed by atoms with Crippen LogP contribution in [-0.4, -0.2) is 86.1 Å². The Labute approximate surface area is 287 Å². The second kappa shape index (κ2) is 13.6. The van der Waals surface area contributed by atoms with Crippen molar-refractivity contribution in [1.82, 2.24) is 30.5 Å². The van der Waals surface area contributed by atoms with Crippen molar-refractivity contribution in [2.75, 3.05) is 13.2 Å². The summed E-state index contributed by atoms with van der Waals surface area (Å²) in [5.74, 6) is -4.65. The fourth-order valence-corrected chi connectivity index (χ4v) is 6.63. The number of carboxylic acid groups (broad SMARTS) is 1. The van der Waals surface area contributed by atoms with Gasteiger partial charge in [0.2, 0.25) is 18.2 Å². The van der Waals surface area contributed by atoms with Crippen molar-refractivity contribution in [3.05, 3.63) is 66.2 Å². The van der Waals surface area contributed by atoms with Crippen LogP contribution in [0.15, 0.2) is 60.7 Å². The second-order valence-electron chi connectivity index (χ2n) is 14.1. The van der Waals surface area contributed by atoms with E-state index in [0.717, 1.165) is 16.7 Å². The Bertz CT molecular complexity index is 1810. The van der Waals surface area contributed by atoms with E-state index in [2.05, 4.69) is 10.6 Å². The van der Waals surface area contributed by atoms with Gasteiger partial charge in [0, 0.05) is 24.1 Å². The van der Waals surface area contributed by atoms with Crippen LogP contribution in [0.2, 0.25) is 0 Å². The first-order chi connectivity index (χ1) is 23.8. The van der Waals surface area contributed by atoms with Gasteiger partial charge < -0.3 is 25.4 Å². The number of nitrogens with one attached hydrogen (secondary N) is 2. The lowest BCUT2D eigenvalue weighted by Gasteiger charge is -2.35. The van der Waals surface area contributed by atoms with Gasteiger partial charge in [0.25, 0.3) is 0 Å². The molecule has 3 aliphatic rings. The average molecular weight is 691 g/mol. The number of alkyl halides is 2. The third-order valence-corrected chi connectivity index (χ3v) is 9.51. The Morgan fingerprint density at radius 3 is 2.42 bits per heavy atom. The zero-order chi connectivity index (χ0) is 35.8. The molecular formula is C36H40F2N6O6. The van der Waals surface area contributed by atoms with E-state index in [-0.39, 0.29) is 19.6 Å². The Morgan fingerprint density at radius 1 is 1.06 bits per heavy atom. The molecule has 1 saturated heterocycles. The summed E-state index contributed by atoms with van der Waals surface area (Å²) in [7, 11) is 0. The molecule has 3 heterocycles. The number of aromatic nitrogens is 3. The van der Waals surface area contributed by atoms with Crippen molar-refractivity contribution >= 4 is 30.0 Å². The van der Waals surface area contributed by atoms with Crippen LogP contribution in [0.1, 0.15) is 58.1 Å². The van der Waals surface area contributed by atoms with E-state index in [0.29, 0.717) is 24.2 Å². The number of nitrogens with zero attached hydrogens (tertiary/aromatic N) is 4. The lowest BCUT2D eigenvalue weighted by atomic mass is 9.85. The van der Waals surface area contributed by atoms with Gasteiger partial charge in [-0.05, 0) is 36.3 Å². The molecule has 14 heteroatoms. The number of alkyl carbamates (subject to hydrolysis) is 1. The molecule has 1 aromatic heterocycles. The van der Waals surface area contributed by atoms with E-state index in [9.17, 15) is 33.1 Å². The molecule has 2 fully saturated rings. The molecule has 0 spiro atoms. The molecule has 6 rings (SSSR count). The van der Waals surface area contributed by atoms with Gasteiger partial charge in [-0.3, -0.25) is 9.59 Å². The quantitative estimate of drug-likeness (QED) is 0.341. The van der Waals surface area contributed by atoms with Gasteiger partial charge in [-0.25, -0.2) is 18.4 Å². The van der Waals surface area contributed by atoms with Gasteiger partial charge in [0.05, 0.1) is 18.6 Å². The summed E-state index contributed by atoms with van der Waals surface area (Å²) in [5.41, 5.74) is 0.657. The maximum absolute atomic E-state index is 14.4. The monoisotopic (exact) mass is 690 g/mol. The van der Waals surface area contributed by atoms with Gasteiger partial charge >= 0.3 is 12.1 Å². The predicted molar refractivity (Wildman–Crippen MR) is 179 cm³/mol. The number of hydrogen-bond donors (Lipinski definition) is 3. The van der Waals surface area contributed by atoms with E-state index in [1.807, 2.05) is 66.7 Å². The van der Waals surface area contributed by atoms with Crippen LogP contribution in [0, 0.1) is 11.3 Å². The van der Waals surface area contributed by atoms with Crippen LogP contribution < -0.4 is 10.6 Å². The number of carbonyl (C=O) groups excluding carboxylic acids is 3. The highest BCUT2D eigenvalue weighted by Crippen LogP contribution is 2.48. The largest absolute Gasteiger partial charge is 0.479 e. The lowest BCUT2D eigenvalue weighted by molar-refractivity contribution is -0.147. The number of fused-ring (bicyclic) bond motifs is 8. The highest BCUT2D eigenvalue weighted by Gasteiger charge is 2.66. The zero-order valence-electron chi connectivity index (χ0n) is 28.0. The molecule has 3 amide bonds. The fraction of sp³-hybridized carbons (Fsp3) is 0.444. The highest BCUT2D eigenvalue weighted by atomic mass is 19.3. The van der Waals surface area contributed by atoms with Crippen molar-refractivity contribution in [2.45, 2.75) is 76.5 Å². The molecule has 2 aliphatic heterocycles. The molecule has 1 aliphatic carbocycles. The number of benzene rings is 2. The van der Waals surface area contributed by atoms with Crippen molar-refractivity contribution in [3.8, 4) is 22.5 Å². The predicted octanol–water partition coefficient (Wildman–Crippen LogP) is 4.93. The maximum Gasteiger partial charge on any atom is 0.407 e. The fourth-order valence-electron chi connectivity index (χ4n) is 6.63. The topological polar surface area (TPSA) is 156 Å². The van der Waals surface area contributed by atoms with Crippen molar-refractivity contribution in [2.24, 2.45) is 11.3 Å². The Kier molecular flexibility index (Phi) is 9.47. The number of cyclic esters (lactones) is 1. The van der Waals surface area contributed by atoms with Gasteiger partial charge in [0.15, 0.2) is 0 Å². The number of allylic oxidation sites excluding steroid dienone is 1.